The number of carbonyl (C=O) groups excluding carboxylic acids is 1. The molecule has 28 heavy (non-hydrogen) atoms. The number of phenols is 1. The minimum Gasteiger partial charge on any atom is -0.508 e. The molecule has 7 heteroatoms. The maximum atomic E-state index is 13.3. The number of aromatic nitrogens is 2. The first-order chi connectivity index (χ1) is 13.4. The second-order valence-electron chi connectivity index (χ2n) is 6.77. The number of halogens is 2. The number of fused-ring (bicyclic) bond motifs is 3. The second kappa shape index (κ2) is 6.99. The molecular weight excluding hydrogens is 364 g/mol. The highest BCUT2D eigenvalue weighted by atomic mass is 19.2. The second-order valence-corrected chi connectivity index (χ2v) is 6.77. The Morgan fingerprint density at radius 3 is 2.71 bits per heavy atom. The molecule has 0 bridgehead atoms. The molecule has 0 aliphatic heterocycles. The standard InChI is InChI=1S/C21H17F2N3O2/c1-11-21(26-19(28)9-12-2-6-16(22)17(23)8-12)25-18-7-3-13-10-14(27)4-5-15(13)20(18)24-11/h2,4-6,8,10,27H,3,7,9H2,1H3,(H,25,26,28). The molecule has 2 N–H and O–H groups in total. The first-order valence-electron chi connectivity index (χ1n) is 8.84. The zero-order chi connectivity index (χ0) is 19.8. The summed E-state index contributed by atoms with van der Waals surface area (Å²) in [5, 5.41) is 12.4. The number of rotatable bonds is 3. The maximum absolute atomic E-state index is 13.3. The number of aromatic hydroxyl groups is 1. The zero-order valence-electron chi connectivity index (χ0n) is 15.1. The molecule has 3 aromatic rings. The third-order valence-corrected chi connectivity index (χ3v) is 4.72. The van der Waals surface area contributed by atoms with Gasteiger partial charge in [-0.05, 0) is 61.2 Å². The quantitative estimate of drug-likeness (QED) is 0.725. The first-order valence-corrected chi connectivity index (χ1v) is 8.84. The number of phenolic OH excluding ortho intramolecular Hbond substituents is 1. The lowest BCUT2D eigenvalue weighted by Gasteiger charge is -2.20. The van der Waals surface area contributed by atoms with E-state index in [1.807, 2.05) is 6.07 Å². The number of anilines is 1. The molecule has 0 saturated carbocycles. The van der Waals surface area contributed by atoms with Crippen molar-refractivity contribution >= 4 is 11.7 Å². The molecule has 0 radical (unpaired) electrons. The van der Waals surface area contributed by atoms with Crippen LogP contribution >= 0.6 is 0 Å². The van der Waals surface area contributed by atoms with Gasteiger partial charge in [-0.15, -0.1) is 0 Å². The fourth-order valence-corrected chi connectivity index (χ4v) is 3.34. The van der Waals surface area contributed by atoms with E-state index in [0.29, 0.717) is 23.5 Å². The van der Waals surface area contributed by atoms with Gasteiger partial charge in [-0.3, -0.25) is 4.79 Å². The first kappa shape index (κ1) is 18.0. The third-order valence-electron chi connectivity index (χ3n) is 4.72. The van der Waals surface area contributed by atoms with Gasteiger partial charge >= 0.3 is 0 Å². The lowest BCUT2D eigenvalue weighted by molar-refractivity contribution is -0.115. The van der Waals surface area contributed by atoms with Crippen LogP contribution in [0, 0.1) is 18.6 Å². The van der Waals surface area contributed by atoms with Gasteiger partial charge in [0.2, 0.25) is 5.91 Å². The fraction of sp³-hybridized carbons (Fsp3) is 0.190. The predicted molar refractivity (Wildman–Crippen MR) is 100.0 cm³/mol. The average molecular weight is 381 g/mol. The molecule has 1 amide bonds. The lowest BCUT2D eigenvalue weighted by atomic mass is 9.91. The molecule has 142 valence electrons. The van der Waals surface area contributed by atoms with Crippen molar-refractivity contribution in [2.75, 3.05) is 5.32 Å². The minimum absolute atomic E-state index is 0.0997. The van der Waals surface area contributed by atoms with Crippen LogP contribution in [0.15, 0.2) is 36.4 Å². The predicted octanol–water partition coefficient (Wildman–Crippen LogP) is 3.72. The number of nitrogens with zero attached hydrogens (tertiary/aromatic N) is 2. The van der Waals surface area contributed by atoms with Gasteiger partial charge in [-0.1, -0.05) is 6.07 Å². The highest BCUT2D eigenvalue weighted by molar-refractivity contribution is 5.92. The number of hydrogen-bond donors (Lipinski definition) is 2. The molecule has 0 saturated heterocycles. The summed E-state index contributed by atoms with van der Waals surface area (Å²) in [6.45, 7) is 1.75. The van der Waals surface area contributed by atoms with Crippen molar-refractivity contribution in [3.8, 4) is 17.0 Å². The number of amides is 1. The summed E-state index contributed by atoms with van der Waals surface area (Å²) >= 11 is 0. The average Bonchev–Trinajstić information content (AvgIpc) is 2.65. The Balaban J connectivity index is 1.57. The number of carbonyl (C=O) groups is 1. The highest BCUT2D eigenvalue weighted by Crippen LogP contribution is 2.34. The van der Waals surface area contributed by atoms with Gasteiger partial charge in [0.25, 0.3) is 0 Å². The van der Waals surface area contributed by atoms with Crippen LogP contribution in [0.3, 0.4) is 0 Å². The minimum atomic E-state index is -0.986. The molecule has 0 unspecified atom stereocenters. The molecule has 0 fully saturated rings. The number of aryl methyl sites for hydroxylation is 3. The Hall–Kier alpha value is -3.35. The fourth-order valence-electron chi connectivity index (χ4n) is 3.34. The zero-order valence-corrected chi connectivity index (χ0v) is 15.1. The van der Waals surface area contributed by atoms with Crippen molar-refractivity contribution in [1.82, 2.24) is 9.97 Å². The van der Waals surface area contributed by atoms with Crippen LogP contribution in [0.1, 0.15) is 22.5 Å². The molecule has 0 atom stereocenters. The summed E-state index contributed by atoms with van der Waals surface area (Å²) in [7, 11) is 0. The van der Waals surface area contributed by atoms with Crippen molar-refractivity contribution in [3.05, 3.63) is 70.5 Å². The lowest BCUT2D eigenvalue weighted by Crippen LogP contribution is -2.19. The van der Waals surface area contributed by atoms with E-state index in [-0.39, 0.29) is 18.1 Å². The maximum Gasteiger partial charge on any atom is 0.229 e. The van der Waals surface area contributed by atoms with E-state index in [9.17, 15) is 18.7 Å². The van der Waals surface area contributed by atoms with Crippen LogP contribution in [-0.2, 0) is 24.1 Å². The summed E-state index contributed by atoms with van der Waals surface area (Å²) in [5.41, 5.74) is 4.38. The van der Waals surface area contributed by atoms with Gasteiger partial charge < -0.3 is 10.4 Å². The summed E-state index contributed by atoms with van der Waals surface area (Å²) in [6, 6.07) is 8.53. The van der Waals surface area contributed by atoms with Crippen molar-refractivity contribution < 1.29 is 18.7 Å². The van der Waals surface area contributed by atoms with Crippen LogP contribution in [0.2, 0.25) is 0 Å². The van der Waals surface area contributed by atoms with Gasteiger partial charge in [0.05, 0.1) is 23.5 Å². The molecule has 1 aromatic heterocycles. The highest BCUT2D eigenvalue weighted by Gasteiger charge is 2.21. The van der Waals surface area contributed by atoms with E-state index in [2.05, 4.69) is 15.3 Å². The van der Waals surface area contributed by atoms with E-state index in [1.54, 1.807) is 19.1 Å². The van der Waals surface area contributed by atoms with Gasteiger partial charge in [-0.25, -0.2) is 18.7 Å². The van der Waals surface area contributed by atoms with E-state index in [4.69, 9.17) is 0 Å². The van der Waals surface area contributed by atoms with Gasteiger partial charge in [0.1, 0.15) is 5.75 Å². The van der Waals surface area contributed by atoms with E-state index in [1.165, 1.54) is 6.07 Å². The Labute approximate surface area is 160 Å². The van der Waals surface area contributed by atoms with Gasteiger partial charge in [-0.2, -0.15) is 0 Å². The Bertz CT molecular complexity index is 1100. The Morgan fingerprint density at radius 2 is 1.93 bits per heavy atom. The summed E-state index contributed by atoms with van der Waals surface area (Å²) in [5.74, 6) is -1.75. The van der Waals surface area contributed by atoms with Crippen LogP contribution in [0.4, 0.5) is 14.6 Å². The van der Waals surface area contributed by atoms with Crippen molar-refractivity contribution in [3.63, 3.8) is 0 Å². The normalized spacial score (nSPS) is 12.2. The molecule has 4 rings (SSSR count). The van der Waals surface area contributed by atoms with Crippen molar-refractivity contribution in [2.24, 2.45) is 0 Å². The molecular formula is C21H17F2N3O2. The largest absolute Gasteiger partial charge is 0.508 e. The summed E-state index contributed by atoms with van der Waals surface area (Å²) in [4.78, 5) is 21.5. The molecule has 1 aliphatic rings. The number of benzene rings is 2. The van der Waals surface area contributed by atoms with E-state index >= 15 is 0 Å². The van der Waals surface area contributed by atoms with Crippen LogP contribution < -0.4 is 5.32 Å². The number of nitrogens with one attached hydrogen (secondary N) is 1. The summed E-state index contributed by atoms with van der Waals surface area (Å²) in [6.07, 6.45) is 1.26. The van der Waals surface area contributed by atoms with E-state index < -0.39 is 11.6 Å². The summed E-state index contributed by atoms with van der Waals surface area (Å²) < 4.78 is 26.3. The molecule has 2 aromatic carbocycles. The molecule has 0 spiro atoms. The number of hydrogen-bond acceptors (Lipinski definition) is 4. The molecule has 1 heterocycles. The van der Waals surface area contributed by atoms with Crippen LogP contribution in [0.5, 0.6) is 5.75 Å². The Morgan fingerprint density at radius 1 is 1.11 bits per heavy atom. The van der Waals surface area contributed by atoms with Crippen molar-refractivity contribution in [1.29, 1.82) is 0 Å². The third kappa shape index (κ3) is 3.43. The SMILES string of the molecule is Cc1nc2c(nc1NC(=O)Cc1ccc(F)c(F)c1)CCc1cc(O)ccc1-2. The smallest absolute Gasteiger partial charge is 0.229 e. The molecule has 5 nitrogen and oxygen atoms in total. The van der Waals surface area contributed by atoms with Crippen LogP contribution in [-0.4, -0.2) is 21.0 Å². The Kier molecular flexibility index (Phi) is 4.50. The van der Waals surface area contributed by atoms with E-state index in [0.717, 1.165) is 41.1 Å². The molecule has 1 aliphatic carbocycles. The monoisotopic (exact) mass is 381 g/mol. The van der Waals surface area contributed by atoms with Crippen LogP contribution in [0.25, 0.3) is 11.3 Å². The van der Waals surface area contributed by atoms with Gasteiger partial charge in [0.15, 0.2) is 17.5 Å². The topological polar surface area (TPSA) is 75.1 Å². The van der Waals surface area contributed by atoms with Gasteiger partial charge in [0, 0.05) is 5.56 Å². The van der Waals surface area contributed by atoms with Crippen molar-refractivity contribution in [2.45, 2.75) is 26.2 Å².